The van der Waals surface area contributed by atoms with Crippen molar-refractivity contribution in [1.82, 2.24) is 9.97 Å². The van der Waals surface area contributed by atoms with Gasteiger partial charge in [-0.05, 0) is 59.2 Å². The highest BCUT2D eigenvalue weighted by atomic mass is 32.1. The highest BCUT2D eigenvalue weighted by Gasteiger charge is 2.17. The molecule has 4 rings (SSSR count). The Morgan fingerprint density at radius 1 is 0.750 bits per heavy atom. The summed E-state index contributed by atoms with van der Waals surface area (Å²) < 4.78 is 11.9. The third-order valence-corrected chi connectivity index (χ3v) is 5.90. The average Bonchev–Trinajstić information content (AvgIpc) is 3.33. The van der Waals surface area contributed by atoms with Gasteiger partial charge in [0, 0.05) is 5.57 Å². The van der Waals surface area contributed by atoms with E-state index in [0.29, 0.717) is 16.7 Å². The molecule has 4 aromatic rings. The molecule has 0 amide bonds. The third kappa shape index (κ3) is 4.53. The van der Waals surface area contributed by atoms with E-state index < -0.39 is 0 Å². The van der Waals surface area contributed by atoms with Gasteiger partial charge in [0.05, 0.1) is 4.91 Å². The molecule has 4 nitrogen and oxygen atoms in total. The maximum atomic E-state index is 5.96. The van der Waals surface area contributed by atoms with Gasteiger partial charge >= 0.3 is 0 Å². The molecule has 0 aliphatic carbocycles. The van der Waals surface area contributed by atoms with E-state index in [1.54, 1.807) is 0 Å². The van der Waals surface area contributed by atoms with Gasteiger partial charge < -0.3 is 8.83 Å². The summed E-state index contributed by atoms with van der Waals surface area (Å²) in [7, 11) is 0. The summed E-state index contributed by atoms with van der Waals surface area (Å²) in [5.41, 5.74) is 6.70. The number of nitrogens with zero attached hydrogens (tertiary/aromatic N) is 2. The zero-order valence-corrected chi connectivity index (χ0v) is 20.7. The van der Waals surface area contributed by atoms with Crippen LogP contribution in [0.25, 0.3) is 32.7 Å². The summed E-state index contributed by atoms with van der Waals surface area (Å²) in [5, 5.41) is 0. The molecule has 2 aromatic carbocycles. The second kappa shape index (κ2) is 7.96. The molecule has 2 heterocycles. The molecular weight excluding hydrogens is 416 g/mol. The molecule has 0 aliphatic heterocycles. The molecule has 0 saturated carbocycles. The fourth-order valence-corrected chi connectivity index (χ4v) is 3.58. The Labute approximate surface area is 194 Å². The SMILES string of the molecule is C/C(=C\C=C(/S)c1nc2cc(C(C)(C)C)ccc2o1)c1nc2cc(C(C)(C)C)ccc2o1. The van der Waals surface area contributed by atoms with Crippen molar-refractivity contribution < 1.29 is 8.83 Å². The van der Waals surface area contributed by atoms with E-state index >= 15 is 0 Å². The van der Waals surface area contributed by atoms with Crippen molar-refractivity contribution in [2.24, 2.45) is 0 Å². The normalized spacial score (nSPS) is 14.0. The minimum atomic E-state index is 0.0556. The number of benzene rings is 2. The predicted molar refractivity (Wildman–Crippen MR) is 136 cm³/mol. The van der Waals surface area contributed by atoms with Crippen molar-refractivity contribution in [2.75, 3.05) is 0 Å². The minimum Gasteiger partial charge on any atom is -0.436 e. The molecule has 0 atom stereocenters. The Bertz CT molecular complexity index is 1250. The quantitative estimate of drug-likeness (QED) is 0.256. The number of oxazole rings is 2. The fraction of sp³-hybridized carbons (Fsp3) is 0.333. The van der Waals surface area contributed by atoms with E-state index in [2.05, 4.69) is 88.4 Å². The number of rotatable bonds is 3. The lowest BCUT2D eigenvalue weighted by molar-refractivity contribution is 0.581. The van der Waals surface area contributed by atoms with Crippen LogP contribution in [0.3, 0.4) is 0 Å². The van der Waals surface area contributed by atoms with Crippen LogP contribution in [0.2, 0.25) is 0 Å². The second-order valence-corrected chi connectivity index (χ2v) is 10.8. The lowest BCUT2D eigenvalue weighted by Crippen LogP contribution is -2.10. The van der Waals surface area contributed by atoms with Crippen molar-refractivity contribution >= 4 is 45.3 Å². The molecule has 5 heteroatoms. The first kappa shape index (κ1) is 22.4. The van der Waals surface area contributed by atoms with Crippen molar-refractivity contribution in [3.63, 3.8) is 0 Å². The van der Waals surface area contributed by atoms with Gasteiger partial charge in [-0.25, -0.2) is 9.97 Å². The Morgan fingerprint density at radius 2 is 1.22 bits per heavy atom. The molecule has 0 N–H and O–H groups in total. The van der Waals surface area contributed by atoms with Crippen LogP contribution in [0.5, 0.6) is 0 Å². The van der Waals surface area contributed by atoms with Crippen molar-refractivity contribution in [3.05, 3.63) is 71.5 Å². The second-order valence-electron chi connectivity index (χ2n) is 10.3. The van der Waals surface area contributed by atoms with Gasteiger partial charge in [0.1, 0.15) is 11.0 Å². The molecule has 2 aromatic heterocycles. The maximum Gasteiger partial charge on any atom is 0.233 e. The van der Waals surface area contributed by atoms with Gasteiger partial charge in [-0.15, -0.1) is 12.6 Å². The standard InChI is InChI=1S/C27H30N2O2S/c1-16(24-28-19-14-17(26(2,3)4)9-11-21(19)30-24)8-13-23(32)25-29-20-15-18(27(5,6)7)10-12-22(20)31-25/h8-15,32H,1-7H3/b16-8+,23-13-. The van der Waals surface area contributed by atoms with Gasteiger partial charge in [0.25, 0.3) is 0 Å². The number of aromatic nitrogens is 2. The molecule has 0 radical (unpaired) electrons. The van der Waals surface area contributed by atoms with Crippen molar-refractivity contribution in [1.29, 1.82) is 0 Å². The maximum absolute atomic E-state index is 5.96. The summed E-state index contributed by atoms with van der Waals surface area (Å²) >= 11 is 4.60. The minimum absolute atomic E-state index is 0.0556. The van der Waals surface area contributed by atoms with Crippen LogP contribution in [0.1, 0.15) is 71.4 Å². The molecule has 32 heavy (non-hydrogen) atoms. The average molecular weight is 447 g/mol. The smallest absolute Gasteiger partial charge is 0.233 e. The fourth-order valence-electron chi connectivity index (χ4n) is 3.41. The molecular formula is C27H30N2O2S. The van der Waals surface area contributed by atoms with Crippen LogP contribution in [-0.2, 0) is 10.8 Å². The topological polar surface area (TPSA) is 52.1 Å². The Balaban J connectivity index is 1.61. The van der Waals surface area contributed by atoms with E-state index in [-0.39, 0.29) is 10.8 Å². The van der Waals surface area contributed by atoms with E-state index in [1.807, 2.05) is 31.2 Å². The first-order valence-corrected chi connectivity index (χ1v) is 11.3. The molecule has 0 saturated heterocycles. The first-order chi connectivity index (χ1) is 14.9. The van der Waals surface area contributed by atoms with E-state index in [1.165, 1.54) is 11.1 Å². The zero-order chi connectivity index (χ0) is 23.3. The van der Waals surface area contributed by atoms with Crippen molar-refractivity contribution in [2.45, 2.75) is 59.3 Å². The number of hydrogen-bond acceptors (Lipinski definition) is 5. The summed E-state index contributed by atoms with van der Waals surface area (Å²) in [5.74, 6) is 1.08. The number of fused-ring (bicyclic) bond motifs is 2. The monoisotopic (exact) mass is 446 g/mol. The number of hydrogen-bond donors (Lipinski definition) is 1. The molecule has 0 unspecified atom stereocenters. The lowest BCUT2D eigenvalue weighted by atomic mass is 9.87. The molecule has 0 fully saturated rings. The lowest BCUT2D eigenvalue weighted by Gasteiger charge is -2.18. The third-order valence-electron chi connectivity index (χ3n) is 5.55. The van der Waals surface area contributed by atoms with Crippen LogP contribution < -0.4 is 0 Å². The van der Waals surface area contributed by atoms with E-state index in [0.717, 1.165) is 27.8 Å². The van der Waals surface area contributed by atoms with E-state index in [9.17, 15) is 0 Å². The van der Waals surface area contributed by atoms with E-state index in [4.69, 9.17) is 8.83 Å². The zero-order valence-electron chi connectivity index (χ0n) is 19.8. The number of allylic oxidation sites excluding steroid dienone is 3. The molecule has 0 bridgehead atoms. The summed E-state index contributed by atoms with van der Waals surface area (Å²) in [4.78, 5) is 9.94. The molecule has 0 aliphatic rings. The van der Waals surface area contributed by atoms with Crippen LogP contribution in [0.15, 0.2) is 57.4 Å². The summed E-state index contributed by atoms with van der Waals surface area (Å²) in [6.07, 6.45) is 3.79. The van der Waals surface area contributed by atoms with Crippen LogP contribution in [-0.4, -0.2) is 9.97 Å². The highest BCUT2D eigenvalue weighted by molar-refractivity contribution is 7.90. The predicted octanol–water partition coefficient (Wildman–Crippen LogP) is 7.94. The van der Waals surface area contributed by atoms with Gasteiger partial charge in [0.2, 0.25) is 11.8 Å². The first-order valence-electron chi connectivity index (χ1n) is 10.8. The largest absolute Gasteiger partial charge is 0.436 e. The summed E-state index contributed by atoms with van der Waals surface area (Å²) in [6, 6.07) is 12.3. The summed E-state index contributed by atoms with van der Waals surface area (Å²) in [6.45, 7) is 15.1. The molecule has 166 valence electrons. The van der Waals surface area contributed by atoms with Crippen LogP contribution in [0, 0.1) is 0 Å². The number of thiol groups is 1. The Kier molecular flexibility index (Phi) is 5.58. The van der Waals surface area contributed by atoms with Gasteiger partial charge in [0.15, 0.2) is 11.2 Å². The van der Waals surface area contributed by atoms with Gasteiger partial charge in [-0.2, -0.15) is 0 Å². The van der Waals surface area contributed by atoms with Crippen LogP contribution >= 0.6 is 12.6 Å². The Hall–Kier alpha value is -2.79. The van der Waals surface area contributed by atoms with Gasteiger partial charge in [-0.1, -0.05) is 59.8 Å². The van der Waals surface area contributed by atoms with Gasteiger partial charge in [-0.3, -0.25) is 0 Å². The highest BCUT2D eigenvalue weighted by Crippen LogP contribution is 2.30. The Morgan fingerprint density at radius 3 is 1.72 bits per heavy atom. The van der Waals surface area contributed by atoms with Crippen LogP contribution in [0.4, 0.5) is 0 Å². The van der Waals surface area contributed by atoms with Crippen molar-refractivity contribution in [3.8, 4) is 0 Å². The molecule has 0 spiro atoms.